The molecule has 66 valence electrons. The number of nitrogens with zero attached hydrogens (tertiary/aromatic N) is 2. The lowest BCUT2D eigenvalue weighted by Crippen LogP contribution is -2.34. The predicted octanol–water partition coefficient (Wildman–Crippen LogP) is 1.94. The molecule has 1 rings (SSSR count). The minimum absolute atomic E-state index is 0.517. The molecule has 0 radical (unpaired) electrons. The average Bonchev–Trinajstić information content (AvgIpc) is 2.15. The standard InChI is InChI=1S/C10H16N2/c1-2-12(9-8-11)10-6-4-3-5-7-10/h4,6,10H,2-3,5,7,9H2,1H3. The van der Waals surface area contributed by atoms with Gasteiger partial charge >= 0.3 is 0 Å². The van der Waals surface area contributed by atoms with Gasteiger partial charge in [-0.1, -0.05) is 19.1 Å². The molecule has 2 nitrogen and oxygen atoms in total. The Labute approximate surface area is 74.5 Å². The lowest BCUT2D eigenvalue weighted by atomic mass is 10.0. The smallest absolute Gasteiger partial charge is 0.0870 e. The van der Waals surface area contributed by atoms with Crippen LogP contribution in [0.2, 0.25) is 0 Å². The van der Waals surface area contributed by atoms with Crippen molar-refractivity contribution in [2.45, 2.75) is 32.2 Å². The molecule has 0 heterocycles. The Hall–Kier alpha value is -0.810. The Morgan fingerprint density at radius 3 is 3.00 bits per heavy atom. The van der Waals surface area contributed by atoms with Crippen LogP contribution < -0.4 is 0 Å². The van der Waals surface area contributed by atoms with Gasteiger partial charge in [-0.05, 0) is 25.8 Å². The summed E-state index contributed by atoms with van der Waals surface area (Å²) in [7, 11) is 0. The summed E-state index contributed by atoms with van der Waals surface area (Å²) in [5.74, 6) is 0. The van der Waals surface area contributed by atoms with Crippen LogP contribution in [0, 0.1) is 11.3 Å². The highest BCUT2D eigenvalue weighted by molar-refractivity contribution is 4.99. The Morgan fingerprint density at radius 2 is 2.50 bits per heavy atom. The minimum Gasteiger partial charge on any atom is -0.284 e. The largest absolute Gasteiger partial charge is 0.284 e. The third-order valence-corrected chi connectivity index (χ3v) is 2.38. The van der Waals surface area contributed by atoms with Crippen LogP contribution >= 0.6 is 0 Å². The second-order valence-electron chi connectivity index (χ2n) is 3.15. The van der Waals surface area contributed by atoms with Gasteiger partial charge in [-0.3, -0.25) is 4.90 Å². The van der Waals surface area contributed by atoms with E-state index in [-0.39, 0.29) is 0 Å². The highest BCUT2D eigenvalue weighted by Crippen LogP contribution is 2.15. The van der Waals surface area contributed by atoms with E-state index in [4.69, 9.17) is 5.26 Å². The summed E-state index contributed by atoms with van der Waals surface area (Å²) >= 11 is 0. The van der Waals surface area contributed by atoms with E-state index < -0.39 is 0 Å². The number of allylic oxidation sites excluding steroid dienone is 1. The van der Waals surface area contributed by atoms with Gasteiger partial charge in [0.1, 0.15) is 0 Å². The average molecular weight is 164 g/mol. The molecule has 1 unspecified atom stereocenters. The van der Waals surface area contributed by atoms with Crippen molar-refractivity contribution in [3.8, 4) is 6.07 Å². The molecule has 0 aromatic carbocycles. The number of hydrogen-bond acceptors (Lipinski definition) is 2. The third kappa shape index (κ3) is 2.35. The van der Waals surface area contributed by atoms with Crippen molar-refractivity contribution >= 4 is 0 Å². The molecule has 1 aliphatic rings. The second-order valence-corrected chi connectivity index (χ2v) is 3.15. The molecule has 1 atom stereocenters. The van der Waals surface area contributed by atoms with Gasteiger partial charge in [0.15, 0.2) is 0 Å². The summed E-state index contributed by atoms with van der Waals surface area (Å²) in [6.45, 7) is 3.65. The maximum atomic E-state index is 8.58. The third-order valence-electron chi connectivity index (χ3n) is 2.38. The van der Waals surface area contributed by atoms with Crippen LogP contribution in [0.1, 0.15) is 26.2 Å². The molecule has 2 heteroatoms. The fraction of sp³-hybridized carbons (Fsp3) is 0.700. The van der Waals surface area contributed by atoms with Crippen molar-refractivity contribution in [1.82, 2.24) is 4.90 Å². The van der Waals surface area contributed by atoms with Gasteiger partial charge < -0.3 is 0 Å². The first-order chi connectivity index (χ1) is 5.88. The first kappa shape index (κ1) is 9.28. The van der Waals surface area contributed by atoms with Crippen molar-refractivity contribution in [3.63, 3.8) is 0 Å². The molecule has 12 heavy (non-hydrogen) atoms. The molecule has 0 aliphatic heterocycles. The van der Waals surface area contributed by atoms with Gasteiger partial charge in [0, 0.05) is 6.04 Å². The zero-order chi connectivity index (χ0) is 8.81. The summed E-state index contributed by atoms with van der Waals surface area (Å²) in [4.78, 5) is 2.22. The summed E-state index contributed by atoms with van der Waals surface area (Å²) in [6, 6.07) is 2.73. The molecule has 0 spiro atoms. The van der Waals surface area contributed by atoms with Gasteiger partial charge in [0.25, 0.3) is 0 Å². The highest BCUT2D eigenvalue weighted by Gasteiger charge is 2.14. The zero-order valence-corrected chi connectivity index (χ0v) is 7.66. The van der Waals surface area contributed by atoms with Crippen molar-refractivity contribution in [3.05, 3.63) is 12.2 Å². The number of nitriles is 1. The molecule has 0 saturated heterocycles. The molecule has 0 aromatic rings. The van der Waals surface area contributed by atoms with E-state index in [0.29, 0.717) is 12.6 Å². The summed E-state index contributed by atoms with van der Waals surface area (Å²) in [5.41, 5.74) is 0. The molecule has 0 aromatic heterocycles. The van der Waals surface area contributed by atoms with E-state index in [9.17, 15) is 0 Å². The quantitative estimate of drug-likeness (QED) is 0.471. The van der Waals surface area contributed by atoms with Crippen LogP contribution in [-0.2, 0) is 0 Å². The second kappa shape index (κ2) is 4.95. The Kier molecular flexibility index (Phi) is 3.83. The SMILES string of the molecule is CCN(CC#N)C1C=CCCC1. The minimum atomic E-state index is 0.517. The van der Waals surface area contributed by atoms with Crippen LogP contribution in [0.4, 0.5) is 0 Å². The van der Waals surface area contributed by atoms with E-state index in [1.807, 2.05) is 0 Å². The van der Waals surface area contributed by atoms with E-state index in [1.165, 1.54) is 19.3 Å². The van der Waals surface area contributed by atoms with Gasteiger partial charge in [-0.15, -0.1) is 0 Å². The molecule has 0 fully saturated rings. The topological polar surface area (TPSA) is 27.0 Å². The lowest BCUT2D eigenvalue weighted by Gasteiger charge is -2.27. The van der Waals surface area contributed by atoms with Crippen molar-refractivity contribution in [1.29, 1.82) is 5.26 Å². The van der Waals surface area contributed by atoms with Crippen LogP contribution in [-0.4, -0.2) is 24.0 Å². The zero-order valence-electron chi connectivity index (χ0n) is 7.66. The summed E-state index contributed by atoms with van der Waals surface area (Å²) in [6.07, 6.45) is 8.16. The Balaban J connectivity index is 2.47. The fourth-order valence-corrected chi connectivity index (χ4v) is 1.65. The highest BCUT2D eigenvalue weighted by atomic mass is 15.1. The maximum absolute atomic E-state index is 8.58. The molecular formula is C10H16N2. The first-order valence-electron chi connectivity index (χ1n) is 4.66. The monoisotopic (exact) mass is 164 g/mol. The molecule has 0 saturated carbocycles. The molecule has 0 bridgehead atoms. The van der Waals surface area contributed by atoms with Crippen molar-refractivity contribution in [2.75, 3.05) is 13.1 Å². The normalized spacial score (nSPS) is 22.6. The van der Waals surface area contributed by atoms with E-state index in [1.54, 1.807) is 0 Å². The van der Waals surface area contributed by atoms with Gasteiger partial charge in [0.2, 0.25) is 0 Å². The van der Waals surface area contributed by atoms with Crippen LogP contribution in [0.25, 0.3) is 0 Å². The first-order valence-corrected chi connectivity index (χ1v) is 4.66. The molecular weight excluding hydrogens is 148 g/mol. The lowest BCUT2D eigenvalue weighted by molar-refractivity contribution is 0.251. The number of hydrogen-bond donors (Lipinski definition) is 0. The van der Waals surface area contributed by atoms with Crippen LogP contribution in [0.15, 0.2) is 12.2 Å². The van der Waals surface area contributed by atoms with Gasteiger partial charge in [-0.25, -0.2) is 0 Å². The van der Waals surface area contributed by atoms with Gasteiger partial charge in [0.05, 0.1) is 12.6 Å². The van der Waals surface area contributed by atoms with E-state index >= 15 is 0 Å². The van der Waals surface area contributed by atoms with Crippen molar-refractivity contribution in [2.24, 2.45) is 0 Å². The summed E-state index contributed by atoms with van der Waals surface area (Å²) < 4.78 is 0. The molecule has 0 amide bonds. The Morgan fingerprint density at radius 1 is 1.67 bits per heavy atom. The fourth-order valence-electron chi connectivity index (χ4n) is 1.65. The van der Waals surface area contributed by atoms with E-state index in [0.717, 1.165) is 6.54 Å². The van der Waals surface area contributed by atoms with E-state index in [2.05, 4.69) is 30.0 Å². The maximum Gasteiger partial charge on any atom is 0.0870 e. The Bertz CT molecular complexity index is 191. The van der Waals surface area contributed by atoms with Crippen LogP contribution in [0.3, 0.4) is 0 Å². The molecule has 1 aliphatic carbocycles. The number of rotatable bonds is 3. The predicted molar refractivity (Wildman–Crippen MR) is 49.6 cm³/mol. The van der Waals surface area contributed by atoms with Crippen molar-refractivity contribution < 1.29 is 0 Å². The van der Waals surface area contributed by atoms with Crippen LogP contribution in [0.5, 0.6) is 0 Å². The summed E-state index contributed by atoms with van der Waals surface area (Å²) in [5, 5.41) is 8.58. The molecule has 0 N–H and O–H groups in total. The van der Waals surface area contributed by atoms with Gasteiger partial charge in [-0.2, -0.15) is 5.26 Å². The number of likely N-dealkylation sites (N-methyl/N-ethyl adjacent to an activating group) is 1.